The molecule has 2 N–H and O–H groups in total. The molecule has 133 valence electrons. The number of hydrogen-bond donors (Lipinski definition) is 2. The Hall–Kier alpha value is -1.27. The van der Waals surface area contributed by atoms with Crippen LogP contribution in [-0.4, -0.2) is 46.4 Å². The largest absolute Gasteiger partial charge is 0.480 e. The van der Waals surface area contributed by atoms with Gasteiger partial charge in [-0.25, -0.2) is 4.79 Å². The van der Waals surface area contributed by atoms with Crippen LogP contribution in [-0.2, 0) is 42.3 Å². The third-order valence-electron chi connectivity index (χ3n) is 4.25. The Balaban J connectivity index is 0.00000312. The Morgan fingerprint density at radius 3 is 2.60 bits per heavy atom. The fourth-order valence-electron chi connectivity index (χ4n) is 2.93. The summed E-state index contributed by atoms with van der Waals surface area (Å²) in [4.78, 5) is 37.9. The molecule has 1 saturated heterocycles. The van der Waals surface area contributed by atoms with E-state index in [-0.39, 0.29) is 50.4 Å². The molecule has 2 atom stereocenters. The summed E-state index contributed by atoms with van der Waals surface area (Å²) in [5.74, 6) is -1.82. The molecule has 2 rings (SSSR count). The molecule has 0 saturated carbocycles. The minimum Gasteiger partial charge on any atom is -0.480 e. The van der Waals surface area contributed by atoms with Crippen molar-refractivity contribution < 1.29 is 52.2 Å². The van der Waals surface area contributed by atoms with Crippen LogP contribution in [0, 0.1) is 18.9 Å². The first-order chi connectivity index (χ1) is 11.3. The molecule has 1 aromatic carbocycles. The molecule has 1 aliphatic rings. The zero-order chi connectivity index (χ0) is 17.9. The topological polar surface area (TPSA) is 86.7 Å². The summed E-state index contributed by atoms with van der Waals surface area (Å²) in [6.07, 6.45) is 1.11. The van der Waals surface area contributed by atoms with Crippen LogP contribution in [0.25, 0.3) is 0 Å². The van der Waals surface area contributed by atoms with Crippen LogP contribution in [0.4, 0.5) is 0 Å². The van der Waals surface area contributed by atoms with E-state index in [1.165, 1.54) is 4.90 Å². The Morgan fingerprint density at radius 2 is 2.04 bits per heavy atom. The molecule has 0 spiro atoms. The number of amides is 2. The number of nitrogens with one attached hydrogen (secondary N) is 1. The summed E-state index contributed by atoms with van der Waals surface area (Å²) in [7, 11) is 0. The minimum absolute atomic E-state index is 0. The van der Waals surface area contributed by atoms with Crippen LogP contribution in [0.2, 0.25) is 0 Å². The second-order valence-corrected chi connectivity index (χ2v) is 6.48. The first-order valence-corrected chi connectivity index (χ1v) is 8.13. The maximum absolute atomic E-state index is 12.8. The van der Waals surface area contributed by atoms with Gasteiger partial charge in [-0.15, -0.1) is 0 Å². The average molecular weight is 420 g/mol. The van der Waals surface area contributed by atoms with Gasteiger partial charge >= 0.3 is 5.97 Å². The summed E-state index contributed by atoms with van der Waals surface area (Å²) in [5.41, 5.74) is 1.29. The van der Waals surface area contributed by atoms with Crippen molar-refractivity contribution in [2.24, 2.45) is 5.92 Å². The number of rotatable bonds is 5. The average Bonchev–Trinajstić information content (AvgIpc) is 3.01. The second-order valence-electron chi connectivity index (χ2n) is 6.48. The van der Waals surface area contributed by atoms with E-state index in [9.17, 15) is 19.5 Å². The third kappa shape index (κ3) is 5.35. The van der Waals surface area contributed by atoms with E-state index < -0.39 is 18.1 Å². The zero-order valence-corrected chi connectivity index (χ0v) is 17.6. The molecule has 6 nitrogen and oxygen atoms in total. The number of aryl methyl sites for hydroxylation is 1. The number of benzene rings is 1. The van der Waals surface area contributed by atoms with E-state index in [2.05, 4.69) is 11.4 Å². The molecule has 1 radical (unpaired) electrons. The zero-order valence-electron chi connectivity index (χ0n) is 14.8. The summed E-state index contributed by atoms with van der Waals surface area (Å²) in [6.45, 7) is 5.91. The number of nitrogens with zero attached hydrogens (tertiary/aromatic N) is 1. The summed E-state index contributed by atoms with van der Waals surface area (Å²) in [6, 6.07) is 6.42. The van der Waals surface area contributed by atoms with Crippen LogP contribution >= 0.6 is 0 Å². The van der Waals surface area contributed by atoms with E-state index >= 15 is 0 Å². The number of carboxylic acids is 1. The Kier molecular flexibility index (Phi) is 8.22. The van der Waals surface area contributed by atoms with Crippen molar-refractivity contribution in [3.63, 3.8) is 0 Å². The summed E-state index contributed by atoms with van der Waals surface area (Å²) in [5, 5.41) is 12.0. The van der Waals surface area contributed by atoms with Gasteiger partial charge in [0.1, 0.15) is 12.1 Å². The monoisotopic (exact) mass is 420 g/mol. The van der Waals surface area contributed by atoms with Gasteiger partial charge in [0, 0.05) is 39.3 Å². The molecule has 1 fully saturated rings. The number of hydrogen-bond acceptors (Lipinski definition) is 3. The van der Waals surface area contributed by atoms with Crippen LogP contribution < -0.4 is 5.32 Å². The van der Waals surface area contributed by atoms with Gasteiger partial charge in [0.15, 0.2) is 0 Å². The quantitative estimate of drug-likeness (QED) is 0.709. The number of carbonyl (C=O) groups is 3. The van der Waals surface area contributed by atoms with Crippen molar-refractivity contribution >= 4 is 17.8 Å². The minimum atomic E-state index is -0.996. The van der Waals surface area contributed by atoms with Gasteiger partial charge in [0.25, 0.3) is 0 Å². The van der Waals surface area contributed by atoms with E-state index in [1.807, 2.05) is 20.8 Å². The summed E-state index contributed by atoms with van der Waals surface area (Å²) >= 11 is 0. The smallest absolute Gasteiger partial charge is 0.326 e. The summed E-state index contributed by atoms with van der Waals surface area (Å²) < 4.78 is 0. The maximum atomic E-state index is 12.8. The van der Waals surface area contributed by atoms with E-state index in [0.29, 0.717) is 24.9 Å². The van der Waals surface area contributed by atoms with Crippen LogP contribution in [0.3, 0.4) is 0 Å². The predicted molar refractivity (Wildman–Crippen MR) is 88.5 cm³/mol. The number of carboxylic acid groups (broad SMARTS) is 1. The SMILES string of the molecule is Cc1[c-]ccc(C(=O)N[C@H](C(=O)N2CCC[C@H]2C(=O)O)C(C)C)c1.[Y]. The Labute approximate surface area is 173 Å². The second kappa shape index (κ2) is 9.44. The molecule has 0 bridgehead atoms. The van der Waals surface area contributed by atoms with Crippen molar-refractivity contribution in [2.75, 3.05) is 6.54 Å². The molecule has 2 amide bonds. The fourth-order valence-corrected chi connectivity index (χ4v) is 2.93. The first kappa shape index (κ1) is 21.8. The molecule has 1 heterocycles. The van der Waals surface area contributed by atoms with Crippen molar-refractivity contribution in [1.29, 1.82) is 0 Å². The van der Waals surface area contributed by atoms with Crippen LogP contribution in [0.15, 0.2) is 18.2 Å². The Bertz CT molecular complexity index is 648. The van der Waals surface area contributed by atoms with Crippen LogP contribution in [0.5, 0.6) is 0 Å². The van der Waals surface area contributed by atoms with Gasteiger partial charge in [-0.05, 0) is 18.8 Å². The van der Waals surface area contributed by atoms with Gasteiger partial charge in [-0.2, -0.15) is 29.8 Å². The third-order valence-corrected chi connectivity index (χ3v) is 4.25. The molecular weight excluding hydrogens is 397 g/mol. The predicted octanol–water partition coefficient (Wildman–Crippen LogP) is 1.62. The van der Waals surface area contributed by atoms with Crippen molar-refractivity contribution in [2.45, 2.75) is 45.7 Å². The van der Waals surface area contributed by atoms with Gasteiger partial charge in [0.2, 0.25) is 11.8 Å². The molecule has 1 aromatic rings. The molecule has 1 aliphatic heterocycles. The standard InChI is InChI=1S/C18H23N2O4.Y/c1-11(2)15(17(22)20-9-5-8-14(20)18(23)24)19-16(21)13-7-4-6-12(3)10-13;/h4,7,10-11,14-15H,5,8-9H2,1-3H3,(H,19,21)(H,23,24);/q-1;/t14-,15-;/m0./s1. The van der Waals surface area contributed by atoms with Crippen molar-refractivity contribution in [3.05, 3.63) is 35.4 Å². The van der Waals surface area contributed by atoms with Crippen molar-refractivity contribution in [3.8, 4) is 0 Å². The molecule has 7 heteroatoms. The normalized spacial score (nSPS) is 17.8. The van der Waals surface area contributed by atoms with Crippen LogP contribution in [0.1, 0.15) is 42.6 Å². The number of likely N-dealkylation sites (tertiary alicyclic amines) is 1. The number of carbonyl (C=O) groups excluding carboxylic acids is 2. The van der Waals surface area contributed by atoms with Gasteiger partial charge in [-0.3, -0.25) is 9.59 Å². The van der Waals surface area contributed by atoms with E-state index in [1.54, 1.807) is 18.2 Å². The maximum Gasteiger partial charge on any atom is 0.326 e. The Morgan fingerprint density at radius 1 is 1.36 bits per heavy atom. The fraction of sp³-hybridized carbons (Fsp3) is 0.500. The molecule has 25 heavy (non-hydrogen) atoms. The molecule has 0 aromatic heterocycles. The molecule has 0 aliphatic carbocycles. The van der Waals surface area contributed by atoms with Gasteiger partial charge < -0.3 is 15.3 Å². The first-order valence-electron chi connectivity index (χ1n) is 8.13. The van der Waals surface area contributed by atoms with Gasteiger partial charge in [-0.1, -0.05) is 26.3 Å². The molecule has 0 unspecified atom stereocenters. The van der Waals surface area contributed by atoms with E-state index in [0.717, 1.165) is 5.56 Å². The van der Waals surface area contributed by atoms with E-state index in [4.69, 9.17) is 0 Å². The van der Waals surface area contributed by atoms with Crippen molar-refractivity contribution in [1.82, 2.24) is 10.2 Å². The van der Waals surface area contributed by atoms with Gasteiger partial charge in [0.05, 0.1) is 0 Å². The molecular formula is C18H23N2O4Y-. The number of aliphatic carboxylic acids is 1.